The summed E-state index contributed by atoms with van der Waals surface area (Å²) in [4.78, 5) is 51.3. The molecule has 1 aromatic rings. The quantitative estimate of drug-likeness (QED) is 0.145. The van der Waals surface area contributed by atoms with E-state index < -0.39 is 47.9 Å². The maximum Gasteiger partial charge on any atom is 0.328 e. The van der Waals surface area contributed by atoms with Crippen molar-refractivity contribution >= 4 is 48.1 Å². The van der Waals surface area contributed by atoms with Crippen LogP contribution in [0.1, 0.15) is 37.0 Å². The van der Waals surface area contributed by atoms with Gasteiger partial charge in [0.15, 0.2) is 0 Å². The summed E-state index contributed by atoms with van der Waals surface area (Å²) < 4.78 is 4.81. The van der Waals surface area contributed by atoms with Crippen LogP contribution in [0, 0.1) is 19.8 Å². The minimum Gasteiger partial charge on any atom is -0.508 e. The molecule has 0 saturated heterocycles. The minimum atomic E-state index is -1.05. The van der Waals surface area contributed by atoms with Gasteiger partial charge in [-0.1, -0.05) is 19.9 Å². The minimum absolute atomic E-state index is 0.0828. The number of carbonyl (C=O) groups excluding carboxylic acids is 4. The van der Waals surface area contributed by atoms with Crippen LogP contribution in [0.15, 0.2) is 12.1 Å². The van der Waals surface area contributed by atoms with Gasteiger partial charge in [0.2, 0.25) is 17.7 Å². The van der Waals surface area contributed by atoms with Crippen LogP contribution >= 0.6 is 24.4 Å². The second kappa shape index (κ2) is 15.7. The van der Waals surface area contributed by atoms with Gasteiger partial charge in [-0.15, -0.1) is 0 Å². The van der Waals surface area contributed by atoms with Gasteiger partial charge in [0, 0.05) is 12.2 Å². The van der Waals surface area contributed by atoms with E-state index in [1.165, 1.54) is 24.9 Å². The van der Waals surface area contributed by atoms with Crippen LogP contribution in [0.2, 0.25) is 0 Å². The second-order valence-corrected chi connectivity index (χ2v) is 10.5. The highest BCUT2D eigenvalue weighted by Gasteiger charge is 2.32. The van der Waals surface area contributed by atoms with Crippen LogP contribution in [0.25, 0.3) is 0 Å². The van der Waals surface area contributed by atoms with Crippen molar-refractivity contribution in [2.24, 2.45) is 11.7 Å². The highest BCUT2D eigenvalue weighted by molar-refractivity contribution is 7.98. The fourth-order valence-corrected chi connectivity index (χ4v) is 4.19. The molecule has 0 bridgehead atoms. The zero-order chi connectivity index (χ0) is 28.3. The third-order valence-electron chi connectivity index (χ3n) is 6.12. The smallest absolute Gasteiger partial charge is 0.328 e. The van der Waals surface area contributed by atoms with E-state index in [9.17, 15) is 24.3 Å². The first-order chi connectivity index (χ1) is 17.4. The van der Waals surface area contributed by atoms with Gasteiger partial charge in [-0.05, 0) is 61.0 Å². The van der Waals surface area contributed by atoms with Crippen molar-refractivity contribution in [1.82, 2.24) is 16.0 Å². The normalized spacial score (nSPS) is 14.3. The first-order valence-electron chi connectivity index (χ1n) is 12.0. The summed E-state index contributed by atoms with van der Waals surface area (Å²) in [5, 5.41) is 18.1. The molecule has 0 aliphatic heterocycles. The van der Waals surface area contributed by atoms with E-state index in [0.29, 0.717) is 17.7 Å². The van der Waals surface area contributed by atoms with Crippen LogP contribution in [0.4, 0.5) is 0 Å². The zero-order valence-corrected chi connectivity index (χ0v) is 24.0. The lowest BCUT2D eigenvalue weighted by Crippen LogP contribution is -2.59. The molecule has 10 nitrogen and oxygen atoms in total. The van der Waals surface area contributed by atoms with Crippen LogP contribution in [0.3, 0.4) is 0 Å². The number of hydrogen-bond donors (Lipinski definition) is 6. The van der Waals surface area contributed by atoms with E-state index in [1.54, 1.807) is 26.8 Å². The van der Waals surface area contributed by atoms with Crippen molar-refractivity contribution in [2.45, 2.75) is 64.7 Å². The largest absolute Gasteiger partial charge is 0.508 e. The van der Waals surface area contributed by atoms with Crippen molar-refractivity contribution < 1.29 is 29.0 Å². The van der Waals surface area contributed by atoms with Crippen molar-refractivity contribution in [3.05, 3.63) is 28.8 Å². The lowest BCUT2D eigenvalue weighted by Gasteiger charge is -2.27. The summed E-state index contributed by atoms with van der Waals surface area (Å²) >= 11 is 5.58. The molecule has 208 valence electrons. The van der Waals surface area contributed by atoms with E-state index in [1.807, 2.05) is 13.2 Å². The van der Waals surface area contributed by atoms with Gasteiger partial charge in [0.1, 0.15) is 23.9 Å². The standard InChI is InChI=1S/C25H40N4O6S2/c1-13(2)21(24(33)27-18(9-10-37-6)25(34)35-5)29-23(32)19(28-22(31)17(26)12-36)11-16-7-8-20(30)15(4)14(16)3/h7-8,13,17-19,21,30,36H,9-12,26H2,1-6H3,(H,27,33)(H,28,31)(H,29,32)/t17-,18-,19+,21-/m0/s1. The number of rotatable bonds is 14. The van der Waals surface area contributed by atoms with Gasteiger partial charge < -0.3 is 31.5 Å². The van der Waals surface area contributed by atoms with Crippen molar-refractivity contribution in [2.75, 3.05) is 24.9 Å². The number of hydrogen-bond acceptors (Lipinski definition) is 9. The lowest BCUT2D eigenvalue weighted by molar-refractivity contribution is -0.145. The lowest BCUT2D eigenvalue weighted by atomic mass is 9.95. The zero-order valence-electron chi connectivity index (χ0n) is 22.3. The first kappa shape index (κ1) is 32.6. The van der Waals surface area contributed by atoms with Crippen LogP contribution < -0.4 is 21.7 Å². The summed E-state index contributed by atoms with van der Waals surface area (Å²) in [7, 11) is 1.25. The number of esters is 1. The number of carbonyl (C=O) groups is 4. The average Bonchev–Trinajstić information content (AvgIpc) is 2.87. The third kappa shape index (κ3) is 9.75. The monoisotopic (exact) mass is 556 g/mol. The Hall–Kier alpha value is -2.44. The summed E-state index contributed by atoms with van der Waals surface area (Å²) in [6.07, 6.45) is 2.37. The maximum atomic E-state index is 13.4. The Bertz CT molecular complexity index is 959. The number of nitrogens with one attached hydrogen (secondary N) is 3. The Balaban J connectivity index is 3.20. The molecule has 0 fully saturated rings. The third-order valence-corrected chi connectivity index (χ3v) is 7.16. The number of thioether (sulfide) groups is 1. The molecule has 12 heteroatoms. The molecule has 0 heterocycles. The number of benzene rings is 1. The van der Waals surface area contributed by atoms with Crippen LogP contribution in [-0.2, 0) is 30.3 Å². The van der Waals surface area contributed by atoms with Gasteiger partial charge in [-0.25, -0.2) is 4.79 Å². The molecule has 0 radical (unpaired) electrons. The van der Waals surface area contributed by atoms with Gasteiger partial charge in [0.05, 0.1) is 13.2 Å². The maximum absolute atomic E-state index is 13.4. The fourth-order valence-electron chi connectivity index (χ4n) is 3.55. The molecule has 0 unspecified atom stereocenters. The molecule has 0 aliphatic carbocycles. The number of phenolic OH excluding ortho intramolecular Hbond substituents is 1. The second-order valence-electron chi connectivity index (χ2n) is 9.14. The summed E-state index contributed by atoms with van der Waals surface area (Å²) in [6.45, 7) is 7.09. The molecule has 1 rings (SSSR count). The highest BCUT2D eigenvalue weighted by atomic mass is 32.2. The van der Waals surface area contributed by atoms with Gasteiger partial charge in [-0.3, -0.25) is 14.4 Å². The van der Waals surface area contributed by atoms with Gasteiger partial charge in [-0.2, -0.15) is 24.4 Å². The van der Waals surface area contributed by atoms with Crippen LogP contribution in [-0.4, -0.2) is 77.8 Å². The molecule has 3 amide bonds. The number of methoxy groups -OCH3 is 1. The Morgan fingerprint density at radius 3 is 2.19 bits per heavy atom. The Labute approximate surface area is 228 Å². The Kier molecular flexibility index (Phi) is 13.9. The molecule has 4 atom stereocenters. The number of thiol groups is 1. The topological polar surface area (TPSA) is 160 Å². The number of nitrogens with two attached hydrogens (primary N) is 1. The van der Waals surface area contributed by atoms with E-state index in [-0.39, 0.29) is 23.8 Å². The summed E-state index contributed by atoms with van der Waals surface area (Å²) in [5.41, 5.74) is 7.98. The molecule has 1 aromatic carbocycles. The molecule has 6 N–H and O–H groups in total. The van der Waals surface area contributed by atoms with E-state index >= 15 is 0 Å². The number of phenols is 1. The van der Waals surface area contributed by atoms with E-state index in [0.717, 1.165) is 11.1 Å². The molecule has 0 spiro atoms. The Morgan fingerprint density at radius 2 is 1.65 bits per heavy atom. The van der Waals surface area contributed by atoms with E-state index in [4.69, 9.17) is 10.5 Å². The van der Waals surface area contributed by atoms with Crippen molar-refractivity contribution in [1.29, 1.82) is 0 Å². The molecule has 0 aliphatic rings. The summed E-state index contributed by atoms with van der Waals surface area (Å²) in [6, 6.07) is -0.600. The number of ether oxygens (including phenoxy) is 1. The SMILES string of the molecule is COC(=O)[C@H](CCSC)NC(=O)[C@@H](NC(=O)[C@@H](Cc1ccc(O)c(C)c1C)NC(=O)[C@@H](N)CS)C(C)C. The highest BCUT2D eigenvalue weighted by Crippen LogP contribution is 2.24. The fraction of sp³-hybridized carbons (Fsp3) is 0.600. The van der Waals surface area contributed by atoms with Crippen molar-refractivity contribution in [3.63, 3.8) is 0 Å². The Morgan fingerprint density at radius 1 is 1.03 bits per heavy atom. The molecule has 0 aromatic heterocycles. The average molecular weight is 557 g/mol. The molecule has 0 saturated carbocycles. The van der Waals surface area contributed by atoms with Crippen LogP contribution in [0.5, 0.6) is 5.75 Å². The number of amides is 3. The van der Waals surface area contributed by atoms with Gasteiger partial charge >= 0.3 is 5.97 Å². The summed E-state index contributed by atoms with van der Waals surface area (Å²) in [5.74, 6) is -1.73. The van der Waals surface area contributed by atoms with E-state index in [2.05, 4.69) is 28.6 Å². The molecular weight excluding hydrogens is 516 g/mol. The van der Waals surface area contributed by atoms with Gasteiger partial charge in [0.25, 0.3) is 0 Å². The molecular formula is C25H40N4O6S2. The molecule has 37 heavy (non-hydrogen) atoms. The predicted octanol–water partition coefficient (Wildman–Crippen LogP) is 0.845. The van der Waals surface area contributed by atoms with Crippen molar-refractivity contribution in [3.8, 4) is 5.75 Å². The number of aromatic hydroxyl groups is 1. The first-order valence-corrected chi connectivity index (χ1v) is 14.0. The predicted molar refractivity (Wildman–Crippen MR) is 149 cm³/mol.